The Balaban J connectivity index is 1.38. The lowest BCUT2D eigenvalue weighted by Crippen LogP contribution is -2.48. The molecular formula is C18H24N4O3. The van der Waals surface area contributed by atoms with Gasteiger partial charge < -0.3 is 14.2 Å². The van der Waals surface area contributed by atoms with E-state index >= 15 is 0 Å². The maximum Gasteiger partial charge on any atom is 0.274 e. The normalized spacial score (nSPS) is 19.1. The van der Waals surface area contributed by atoms with Gasteiger partial charge in [-0.3, -0.25) is 9.48 Å². The largest absolute Gasteiger partial charge is 0.377 e. The third-order valence-corrected chi connectivity index (χ3v) is 5.28. The summed E-state index contributed by atoms with van der Waals surface area (Å²) in [6.07, 6.45) is 2.53. The Morgan fingerprint density at radius 3 is 2.84 bits per heavy atom. The molecule has 4 rings (SSSR count). The summed E-state index contributed by atoms with van der Waals surface area (Å²) in [4.78, 5) is 14.5. The molecule has 2 fully saturated rings. The van der Waals surface area contributed by atoms with Crippen molar-refractivity contribution in [3.8, 4) is 0 Å². The van der Waals surface area contributed by atoms with Gasteiger partial charge in [-0.25, -0.2) is 0 Å². The van der Waals surface area contributed by atoms with Gasteiger partial charge in [0.15, 0.2) is 11.5 Å². The highest BCUT2D eigenvalue weighted by Crippen LogP contribution is 2.39. The highest BCUT2D eigenvalue weighted by molar-refractivity contribution is 5.93. The van der Waals surface area contributed by atoms with Gasteiger partial charge in [-0.15, -0.1) is 0 Å². The number of aryl methyl sites for hydroxylation is 1. The van der Waals surface area contributed by atoms with E-state index in [0.29, 0.717) is 43.1 Å². The number of rotatable bonds is 6. The molecule has 134 valence electrons. The zero-order chi connectivity index (χ0) is 17.6. The second-order valence-corrected chi connectivity index (χ2v) is 7.25. The predicted molar refractivity (Wildman–Crippen MR) is 90.3 cm³/mol. The highest BCUT2D eigenvalue weighted by Gasteiger charge is 2.36. The summed E-state index contributed by atoms with van der Waals surface area (Å²) >= 11 is 0. The van der Waals surface area contributed by atoms with Crippen molar-refractivity contribution in [1.82, 2.24) is 19.8 Å². The number of likely N-dealkylation sites (tertiary alicyclic amines) is 1. The van der Waals surface area contributed by atoms with Gasteiger partial charge in [-0.2, -0.15) is 5.10 Å². The summed E-state index contributed by atoms with van der Waals surface area (Å²) in [5.41, 5.74) is 2.49. The van der Waals surface area contributed by atoms with Crippen LogP contribution in [0.4, 0.5) is 0 Å². The van der Waals surface area contributed by atoms with Gasteiger partial charge >= 0.3 is 0 Å². The molecule has 0 N–H and O–H groups in total. The molecule has 3 heterocycles. The van der Waals surface area contributed by atoms with Gasteiger partial charge in [0.1, 0.15) is 6.61 Å². The smallest absolute Gasteiger partial charge is 0.274 e. The van der Waals surface area contributed by atoms with Gasteiger partial charge in [0.25, 0.3) is 5.91 Å². The second-order valence-electron chi connectivity index (χ2n) is 7.25. The molecule has 0 spiro atoms. The topological polar surface area (TPSA) is 73.4 Å². The van der Waals surface area contributed by atoms with Crippen LogP contribution in [0.5, 0.6) is 0 Å². The monoisotopic (exact) mass is 344 g/mol. The average Bonchev–Trinajstić information content (AvgIpc) is 3.18. The molecule has 1 saturated heterocycles. The van der Waals surface area contributed by atoms with Crippen LogP contribution in [0.3, 0.4) is 0 Å². The number of hydrogen-bond donors (Lipinski definition) is 0. The Kier molecular flexibility index (Phi) is 4.11. The molecule has 1 unspecified atom stereocenters. The maximum absolute atomic E-state index is 12.7. The molecule has 0 aromatic carbocycles. The maximum atomic E-state index is 12.7. The number of carbonyl (C=O) groups is 1. The molecule has 25 heavy (non-hydrogen) atoms. The summed E-state index contributed by atoms with van der Waals surface area (Å²) in [6.45, 7) is 5.93. The Labute approximate surface area is 146 Å². The number of methoxy groups -OCH3 is 1. The fraction of sp³-hybridized carbons (Fsp3) is 0.611. The molecule has 0 radical (unpaired) electrons. The quantitative estimate of drug-likeness (QED) is 0.805. The summed E-state index contributed by atoms with van der Waals surface area (Å²) < 4.78 is 12.3. The third-order valence-electron chi connectivity index (χ3n) is 5.28. The van der Waals surface area contributed by atoms with Crippen LogP contribution in [0.25, 0.3) is 0 Å². The molecule has 1 atom stereocenters. The van der Waals surface area contributed by atoms with Gasteiger partial charge in [-0.1, -0.05) is 5.16 Å². The highest BCUT2D eigenvalue weighted by atomic mass is 16.5. The minimum absolute atomic E-state index is 0.00158. The van der Waals surface area contributed by atoms with Crippen LogP contribution in [-0.2, 0) is 11.3 Å². The van der Waals surface area contributed by atoms with Gasteiger partial charge in [0, 0.05) is 37.9 Å². The molecule has 2 aliphatic rings. The van der Waals surface area contributed by atoms with Crippen molar-refractivity contribution in [2.24, 2.45) is 5.92 Å². The Morgan fingerprint density at radius 1 is 1.40 bits per heavy atom. The van der Waals surface area contributed by atoms with Crippen molar-refractivity contribution in [1.29, 1.82) is 0 Å². The number of aromatic nitrogens is 3. The fourth-order valence-electron chi connectivity index (χ4n) is 3.51. The summed E-state index contributed by atoms with van der Waals surface area (Å²) in [5, 5.41) is 8.65. The van der Waals surface area contributed by atoms with Gasteiger partial charge in [0.05, 0.1) is 11.7 Å². The van der Waals surface area contributed by atoms with E-state index in [1.807, 2.05) is 28.6 Å². The molecule has 7 heteroatoms. The van der Waals surface area contributed by atoms with E-state index in [-0.39, 0.29) is 11.8 Å². The third kappa shape index (κ3) is 3.08. The van der Waals surface area contributed by atoms with Crippen LogP contribution in [0.1, 0.15) is 59.4 Å². The zero-order valence-electron chi connectivity index (χ0n) is 14.9. The van der Waals surface area contributed by atoms with Gasteiger partial charge in [0.2, 0.25) is 0 Å². The first-order valence-electron chi connectivity index (χ1n) is 8.86. The zero-order valence-corrected chi connectivity index (χ0v) is 14.9. The minimum atomic E-state index is 0.00158. The van der Waals surface area contributed by atoms with Crippen molar-refractivity contribution in [3.05, 3.63) is 35.0 Å². The Bertz CT molecular complexity index is 771. The number of nitrogens with zero attached hydrogens (tertiary/aromatic N) is 4. The fourth-order valence-corrected chi connectivity index (χ4v) is 3.51. The van der Waals surface area contributed by atoms with Crippen LogP contribution in [0, 0.1) is 12.8 Å². The van der Waals surface area contributed by atoms with E-state index in [2.05, 4.69) is 17.2 Å². The Hall–Kier alpha value is -2.15. The molecular weight excluding hydrogens is 320 g/mol. The van der Waals surface area contributed by atoms with Crippen molar-refractivity contribution >= 4 is 5.91 Å². The molecule has 1 aliphatic carbocycles. The molecule has 2 aromatic heterocycles. The van der Waals surface area contributed by atoms with E-state index < -0.39 is 0 Å². The average molecular weight is 344 g/mol. The van der Waals surface area contributed by atoms with Crippen LogP contribution in [-0.4, -0.2) is 45.9 Å². The van der Waals surface area contributed by atoms with E-state index in [1.54, 1.807) is 7.11 Å². The molecule has 1 saturated carbocycles. The lowest BCUT2D eigenvalue weighted by atomic mass is 9.96. The lowest BCUT2D eigenvalue weighted by molar-refractivity contribution is 0.0587. The number of hydrogen-bond acceptors (Lipinski definition) is 5. The van der Waals surface area contributed by atoms with Crippen LogP contribution < -0.4 is 0 Å². The van der Waals surface area contributed by atoms with Gasteiger partial charge in [-0.05, 0) is 38.7 Å². The molecule has 1 aliphatic heterocycles. The van der Waals surface area contributed by atoms with E-state index in [9.17, 15) is 4.79 Å². The molecule has 7 nitrogen and oxygen atoms in total. The SMILES string of the molecule is COCc1cc(C2CN(C(=O)c3cc(C)n(C(C)C4CC4)n3)C2)no1. The first-order chi connectivity index (χ1) is 12.1. The summed E-state index contributed by atoms with van der Waals surface area (Å²) in [6, 6.07) is 4.19. The van der Waals surface area contributed by atoms with Crippen molar-refractivity contribution in [3.63, 3.8) is 0 Å². The van der Waals surface area contributed by atoms with E-state index in [0.717, 1.165) is 11.4 Å². The molecule has 0 bridgehead atoms. The van der Waals surface area contributed by atoms with E-state index in [4.69, 9.17) is 9.26 Å². The number of ether oxygens (including phenoxy) is 1. The number of carbonyl (C=O) groups excluding carboxylic acids is 1. The second kappa shape index (κ2) is 6.29. The van der Waals surface area contributed by atoms with Crippen molar-refractivity contribution in [2.75, 3.05) is 20.2 Å². The first kappa shape index (κ1) is 16.3. The minimum Gasteiger partial charge on any atom is -0.377 e. The molecule has 1 amide bonds. The molecule has 2 aromatic rings. The van der Waals surface area contributed by atoms with Crippen LogP contribution >= 0.6 is 0 Å². The van der Waals surface area contributed by atoms with Crippen molar-refractivity contribution < 1.29 is 14.1 Å². The number of amides is 1. The van der Waals surface area contributed by atoms with Crippen LogP contribution in [0.15, 0.2) is 16.7 Å². The standard InChI is InChI=1S/C18H24N4O3/c1-11-6-17(19-22(11)12(2)13-4-5-13)18(23)21-8-14(9-21)16-7-15(10-24-3)25-20-16/h6-7,12-14H,4-5,8-10H2,1-3H3. The summed E-state index contributed by atoms with van der Waals surface area (Å²) in [5.74, 6) is 1.66. The first-order valence-corrected chi connectivity index (χ1v) is 8.86. The summed E-state index contributed by atoms with van der Waals surface area (Å²) in [7, 11) is 1.62. The van der Waals surface area contributed by atoms with Crippen LogP contribution in [0.2, 0.25) is 0 Å². The predicted octanol–water partition coefficient (Wildman–Crippen LogP) is 2.54. The lowest BCUT2D eigenvalue weighted by Gasteiger charge is -2.37. The Morgan fingerprint density at radius 2 is 2.16 bits per heavy atom. The van der Waals surface area contributed by atoms with E-state index in [1.165, 1.54) is 12.8 Å². The van der Waals surface area contributed by atoms with Crippen molar-refractivity contribution in [2.45, 2.75) is 45.3 Å².